The first-order chi connectivity index (χ1) is 10.1. The Balaban J connectivity index is 1.85. The summed E-state index contributed by atoms with van der Waals surface area (Å²) in [5.41, 5.74) is 1.61. The van der Waals surface area contributed by atoms with Gasteiger partial charge in [-0.25, -0.2) is 4.98 Å². The van der Waals surface area contributed by atoms with Crippen molar-refractivity contribution in [2.24, 2.45) is 0 Å². The number of hydrogen-bond donors (Lipinski definition) is 0. The highest BCUT2D eigenvalue weighted by molar-refractivity contribution is 9.10. The molecule has 0 aliphatic heterocycles. The molecule has 0 saturated heterocycles. The highest BCUT2D eigenvalue weighted by atomic mass is 79.9. The van der Waals surface area contributed by atoms with Gasteiger partial charge in [0.2, 0.25) is 0 Å². The van der Waals surface area contributed by atoms with Gasteiger partial charge in [-0.3, -0.25) is 4.79 Å². The summed E-state index contributed by atoms with van der Waals surface area (Å²) < 4.78 is 6.27. The Morgan fingerprint density at radius 2 is 1.95 bits per heavy atom. The number of amides is 1. The van der Waals surface area contributed by atoms with Crippen molar-refractivity contribution >= 4 is 21.8 Å². The zero-order valence-electron chi connectivity index (χ0n) is 12.0. The number of aryl methyl sites for hydroxylation is 1. The van der Waals surface area contributed by atoms with Crippen molar-refractivity contribution in [2.75, 3.05) is 20.2 Å². The third kappa shape index (κ3) is 4.56. The van der Waals surface area contributed by atoms with Crippen LogP contribution in [0.15, 0.2) is 47.1 Å². The first-order valence-electron chi connectivity index (χ1n) is 6.64. The van der Waals surface area contributed by atoms with Crippen LogP contribution in [-0.4, -0.2) is 36.0 Å². The third-order valence-electron chi connectivity index (χ3n) is 3.00. The Bertz CT molecular complexity index is 614. The first kappa shape index (κ1) is 15.5. The Hall–Kier alpha value is -1.88. The summed E-state index contributed by atoms with van der Waals surface area (Å²) >= 11 is 3.26. The highest BCUT2D eigenvalue weighted by Gasteiger charge is 2.13. The lowest BCUT2D eigenvalue weighted by atomic mass is 10.2. The lowest BCUT2D eigenvalue weighted by Gasteiger charge is -2.17. The summed E-state index contributed by atoms with van der Waals surface area (Å²) in [5.74, 6) is 0.686. The van der Waals surface area contributed by atoms with Crippen LogP contribution in [0.1, 0.15) is 16.1 Å². The van der Waals surface area contributed by atoms with Gasteiger partial charge in [0.1, 0.15) is 22.7 Å². The number of rotatable bonds is 5. The van der Waals surface area contributed by atoms with E-state index in [9.17, 15) is 4.79 Å². The zero-order valence-corrected chi connectivity index (χ0v) is 13.6. The van der Waals surface area contributed by atoms with Crippen LogP contribution in [0.2, 0.25) is 0 Å². The monoisotopic (exact) mass is 348 g/mol. The van der Waals surface area contributed by atoms with E-state index in [1.807, 2.05) is 31.2 Å². The van der Waals surface area contributed by atoms with Gasteiger partial charge in [0, 0.05) is 7.05 Å². The number of hydrogen-bond acceptors (Lipinski definition) is 3. The predicted octanol–water partition coefficient (Wildman–Crippen LogP) is 3.30. The molecule has 2 rings (SSSR count). The number of halogens is 1. The second kappa shape index (κ2) is 7.22. The molecule has 1 amide bonds. The Morgan fingerprint density at radius 1 is 1.24 bits per heavy atom. The number of nitrogens with zero attached hydrogens (tertiary/aromatic N) is 2. The number of pyridine rings is 1. The molecule has 1 aromatic heterocycles. The van der Waals surface area contributed by atoms with E-state index < -0.39 is 0 Å². The van der Waals surface area contributed by atoms with Crippen LogP contribution >= 0.6 is 15.9 Å². The van der Waals surface area contributed by atoms with E-state index in [1.54, 1.807) is 30.1 Å². The summed E-state index contributed by atoms with van der Waals surface area (Å²) in [5, 5.41) is 0. The molecule has 0 N–H and O–H groups in total. The van der Waals surface area contributed by atoms with Crippen molar-refractivity contribution in [1.29, 1.82) is 0 Å². The van der Waals surface area contributed by atoms with Crippen molar-refractivity contribution in [2.45, 2.75) is 6.92 Å². The molecule has 0 radical (unpaired) electrons. The number of likely N-dealkylation sites (N-methyl/N-ethyl adjacent to an activating group) is 1. The zero-order chi connectivity index (χ0) is 15.2. The molecule has 0 fully saturated rings. The van der Waals surface area contributed by atoms with Crippen LogP contribution in [-0.2, 0) is 0 Å². The summed E-state index contributed by atoms with van der Waals surface area (Å²) in [7, 11) is 1.74. The van der Waals surface area contributed by atoms with E-state index in [1.165, 1.54) is 5.56 Å². The van der Waals surface area contributed by atoms with E-state index >= 15 is 0 Å². The molecule has 4 nitrogen and oxygen atoms in total. The third-order valence-corrected chi connectivity index (χ3v) is 3.44. The van der Waals surface area contributed by atoms with Gasteiger partial charge in [-0.1, -0.05) is 23.8 Å². The van der Waals surface area contributed by atoms with Gasteiger partial charge >= 0.3 is 0 Å². The van der Waals surface area contributed by atoms with Crippen LogP contribution < -0.4 is 4.74 Å². The maximum Gasteiger partial charge on any atom is 0.272 e. The molecular formula is C16H17BrN2O2. The maximum absolute atomic E-state index is 12.2. The molecule has 0 atom stereocenters. The van der Waals surface area contributed by atoms with E-state index in [0.717, 1.165) is 5.75 Å². The topological polar surface area (TPSA) is 42.4 Å². The van der Waals surface area contributed by atoms with Crippen LogP contribution in [0.5, 0.6) is 5.75 Å². The van der Waals surface area contributed by atoms with Gasteiger partial charge in [0.05, 0.1) is 6.54 Å². The van der Waals surface area contributed by atoms with E-state index in [0.29, 0.717) is 23.4 Å². The van der Waals surface area contributed by atoms with Crippen molar-refractivity contribution in [3.05, 3.63) is 58.3 Å². The number of carbonyl (C=O) groups excluding carboxylic acids is 1. The second-order valence-corrected chi connectivity index (χ2v) is 5.55. The highest BCUT2D eigenvalue weighted by Crippen LogP contribution is 2.11. The van der Waals surface area contributed by atoms with Crippen LogP contribution in [0.4, 0.5) is 0 Å². The molecule has 5 heteroatoms. The normalized spacial score (nSPS) is 10.2. The fourth-order valence-electron chi connectivity index (χ4n) is 1.76. The average molecular weight is 349 g/mol. The summed E-state index contributed by atoms with van der Waals surface area (Å²) in [6.07, 6.45) is 0. The number of ether oxygens (including phenoxy) is 1. The smallest absolute Gasteiger partial charge is 0.272 e. The largest absolute Gasteiger partial charge is 0.492 e. The molecule has 0 spiro atoms. The van der Waals surface area contributed by atoms with Crippen LogP contribution in [0.3, 0.4) is 0 Å². The average Bonchev–Trinajstić information content (AvgIpc) is 2.48. The quantitative estimate of drug-likeness (QED) is 0.778. The Morgan fingerprint density at radius 3 is 2.62 bits per heavy atom. The second-order valence-electron chi connectivity index (χ2n) is 4.73. The van der Waals surface area contributed by atoms with Gasteiger partial charge < -0.3 is 9.64 Å². The Kier molecular flexibility index (Phi) is 5.33. The van der Waals surface area contributed by atoms with Crippen LogP contribution in [0.25, 0.3) is 0 Å². The molecule has 21 heavy (non-hydrogen) atoms. The van der Waals surface area contributed by atoms with Crippen molar-refractivity contribution in [3.63, 3.8) is 0 Å². The summed E-state index contributed by atoms with van der Waals surface area (Å²) in [6, 6.07) is 13.1. The van der Waals surface area contributed by atoms with E-state index in [4.69, 9.17) is 4.74 Å². The minimum absolute atomic E-state index is 0.121. The van der Waals surface area contributed by atoms with Crippen molar-refractivity contribution in [3.8, 4) is 5.75 Å². The summed E-state index contributed by atoms with van der Waals surface area (Å²) in [4.78, 5) is 17.9. The number of aromatic nitrogens is 1. The van der Waals surface area contributed by atoms with E-state index in [-0.39, 0.29) is 5.91 Å². The van der Waals surface area contributed by atoms with Crippen molar-refractivity contribution < 1.29 is 9.53 Å². The molecule has 110 valence electrons. The number of carbonyl (C=O) groups is 1. The Labute approximate surface area is 132 Å². The lowest BCUT2D eigenvalue weighted by molar-refractivity contribution is 0.0768. The van der Waals surface area contributed by atoms with Gasteiger partial charge in [-0.05, 0) is 47.1 Å². The number of benzene rings is 1. The fourth-order valence-corrected chi connectivity index (χ4v) is 2.10. The van der Waals surface area contributed by atoms with E-state index in [2.05, 4.69) is 20.9 Å². The molecule has 0 unspecified atom stereocenters. The first-order valence-corrected chi connectivity index (χ1v) is 7.43. The molecule has 0 aliphatic rings. The van der Waals surface area contributed by atoms with Gasteiger partial charge in [-0.15, -0.1) is 0 Å². The van der Waals surface area contributed by atoms with Crippen molar-refractivity contribution in [1.82, 2.24) is 9.88 Å². The molecule has 2 aromatic rings. The minimum atomic E-state index is -0.121. The lowest BCUT2D eigenvalue weighted by Crippen LogP contribution is -2.31. The molecule has 1 heterocycles. The molecule has 0 saturated carbocycles. The molecule has 0 bridgehead atoms. The predicted molar refractivity (Wildman–Crippen MR) is 85.6 cm³/mol. The molecule has 1 aromatic carbocycles. The van der Waals surface area contributed by atoms with Gasteiger partial charge in [0.15, 0.2) is 0 Å². The molecular weight excluding hydrogens is 332 g/mol. The fraction of sp³-hybridized carbons (Fsp3) is 0.250. The van der Waals surface area contributed by atoms with Crippen LogP contribution in [0, 0.1) is 6.92 Å². The SMILES string of the molecule is Cc1ccc(OCCN(C)C(=O)c2cccc(Br)n2)cc1. The standard InChI is InChI=1S/C16H17BrN2O2/c1-12-6-8-13(9-7-12)21-11-10-19(2)16(20)14-4-3-5-15(17)18-14/h3-9H,10-11H2,1-2H3. The minimum Gasteiger partial charge on any atom is -0.492 e. The molecule has 0 aliphatic carbocycles. The van der Waals surface area contributed by atoms with Gasteiger partial charge in [0.25, 0.3) is 5.91 Å². The summed E-state index contributed by atoms with van der Waals surface area (Å²) in [6.45, 7) is 2.97. The maximum atomic E-state index is 12.2. The van der Waals surface area contributed by atoms with Gasteiger partial charge in [-0.2, -0.15) is 0 Å².